The summed E-state index contributed by atoms with van der Waals surface area (Å²) in [6, 6.07) is 6.49. The minimum absolute atomic E-state index is 0.110. The van der Waals surface area contributed by atoms with Crippen molar-refractivity contribution in [3.63, 3.8) is 0 Å². The molecule has 2 aromatic heterocycles. The lowest BCUT2D eigenvalue weighted by Gasteiger charge is -2.16. The van der Waals surface area contributed by atoms with Crippen LogP contribution in [0.15, 0.2) is 34.7 Å². The Kier molecular flexibility index (Phi) is 5.07. The molecule has 1 aliphatic rings. The number of carbonyl (C=O) groups excluding carboxylic acids is 1. The number of rotatable bonds is 5. The molecule has 0 radical (unpaired) electrons. The van der Waals surface area contributed by atoms with Gasteiger partial charge in [-0.1, -0.05) is 25.1 Å². The van der Waals surface area contributed by atoms with Crippen molar-refractivity contribution in [2.45, 2.75) is 45.6 Å². The first kappa shape index (κ1) is 17.9. The second-order valence-electron chi connectivity index (χ2n) is 6.92. The number of carbonyl (C=O) groups is 1. The lowest BCUT2D eigenvalue weighted by atomic mass is 9.89. The van der Waals surface area contributed by atoms with Crippen LogP contribution in [-0.4, -0.2) is 22.1 Å². The molecule has 2 heterocycles. The van der Waals surface area contributed by atoms with Crippen LogP contribution >= 0.6 is 11.3 Å². The van der Waals surface area contributed by atoms with E-state index < -0.39 is 5.97 Å². The smallest absolute Gasteiger partial charge is 0.326 e. The molecule has 0 aliphatic heterocycles. The van der Waals surface area contributed by atoms with Crippen LogP contribution in [0, 0.1) is 0 Å². The highest BCUT2D eigenvalue weighted by atomic mass is 32.1. The van der Waals surface area contributed by atoms with Crippen LogP contribution in [0.5, 0.6) is 0 Å². The van der Waals surface area contributed by atoms with Gasteiger partial charge in [-0.15, -0.1) is 11.3 Å². The van der Waals surface area contributed by atoms with Crippen molar-refractivity contribution in [3.05, 3.63) is 51.4 Å². The van der Waals surface area contributed by atoms with Crippen LogP contribution in [0.3, 0.4) is 0 Å². The van der Waals surface area contributed by atoms with Gasteiger partial charge in [0, 0.05) is 10.9 Å². The van der Waals surface area contributed by atoms with Gasteiger partial charge in [0.2, 0.25) is 0 Å². The number of esters is 1. The van der Waals surface area contributed by atoms with Crippen molar-refractivity contribution in [1.82, 2.24) is 9.55 Å². The predicted octanol–water partition coefficient (Wildman–Crippen LogP) is 3.96. The van der Waals surface area contributed by atoms with E-state index in [1.807, 2.05) is 12.3 Å². The fourth-order valence-electron chi connectivity index (χ4n) is 3.59. The molecule has 0 atom stereocenters. The average molecular weight is 382 g/mol. The zero-order valence-corrected chi connectivity index (χ0v) is 16.2. The molecular formula is C21H22N2O3S. The quantitative estimate of drug-likeness (QED) is 0.627. The summed E-state index contributed by atoms with van der Waals surface area (Å²) in [7, 11) is 0. The van der Waals surface area contributed by atoms with E-state index in [1.165, 1.54) is 46.2 Å². The second-order valence-corrected chi connectivity index (χ2v) is 7.78. The number of fused-ring (bicyclic) bond motifs is 2. The predicted molar refractivity (Wildman–Crippen MR) is 107 cm³/mol. The Balaban J connectivity index is 1.73. The maximum Gasteiger partial charge on any atom is 0.326 e. The Bertz CT molecular complexity index is 1050. The van der Waals surface area contributed by atoms with E-state index in [0.29, 0.717) is 16.8 Å². The Morgan fingerprint density at radius 1 is 1.26 bits per heavy atom. The van der Waals surface area contributed by atoms with E-state index in [0.717, 1.165) is 30.4 Å². The summed E-state index contributed by atoms with van der Waals surface area (Å²) in [5, 5.41) is 2.57. The van der Waals surface area contributed by atoms with E-state index in [-0.39, 0.29) is 12.1 Å². The molecule has 1 aliphatic carbocycles. The van der Waals surface area contributed by atoms with Gasteiger partial charge in [-0.05, 0) is 48.8 Å². The van der Waals surface area contributed by atoms with E-state index in [9.17, 15) is 9.59 Å². The van der Waals surface area contributed by atoms with Gasteiger partial charge in [-0.25, -0.2) is 4.98 Å². The summed E-state index contributed by atoms with van der Waals surface area (Å²) in [5.41, 5.74) is 4.55. The highest BCUT2D eigenvalue weighted by Crippen LogP contribution is 2.33. The normalized spacial score (nSPS) is 13.5. The standard InChI is InChI=1S/C21H22N2O3S/c1-2-9-26-18(24)11-23-13-22-20-19(21(23)25)17(12-27-20)16-8-7-14-5-3-4-6-15(14)10-16/h7-8,10,12-13H,2-6,9,11H2,1H3. The molecule has 140 valence electrons. The van der Waals surface area contributed by atoms with E-state index in [2.05, 4.69) is 23.2 Å². The molecule has 0 N–H and O–H groups in total. The van der Waals surface area contributed by atoms with Gasteiger partial charge in [0.15, 0.2) is 0 Å². The zero-order valence-electron chi connectivity index (χ0n) is 15.4. The Hall–Kier alpha value is -2.47. The minimum atomic E-state index is -0.411. The summed E-state index contributed by atoms with van der Waals surface area (Å²) in [6.45, 7) is 2.19. The Labute approximate surface area is 161 Å². The molecular weight excluding hydrogens is 360 g/mol. The van der Waals surface area contributed by atoms with Crippen molar-refractivity contribution in [3.8, 4) is 11.1 Å². The van der Waals surface area contributed by atoms with Gasteiger partial charge in [0.25, 0.3) is 5.56 Å². The van der Waals surface area contributed by atoms with E-state index in [4.69, 9.17) is 4.74 Å². The second kappa shape index (κ2) is 7.64. The maximum atomic E-state index is 13.0. The number of thiophene rings is 1. The van der Waals surface area contributed by atoms with Crippen molar-refractivity contribution >= 4 is 27.5 Å². The number of aromatic nitrogens is 2. The van der Waals surface area contributed by atoms with Crippen LogP contribution in [0.4, 0.5) is 0 Å². The van der Waals surface area contributed by atoms with Crippen LogP contribution < -0.4 is 5.56 Å². The molecule has 0 spiro atoms. The number of nitrogens with zero attached hydrogens (tertiary/aromatic N) is 2. The maximum absolute atomic E-state index is 13.0. The van der Waals surface area contributed by atoms with Crippen LogP contribution in [0.25, 0.3) is 21.3 Å². The van der Waals surface area contributed by atoms with Crippen molar-refractivity contribution in [1.29, 1.82) is 0 Å². The lowest BCUT2D eigenvalue weighted by molar-refractivity contribution is -0.144. The van der Waals surface area contributed by atoms with Crippen molar-refractivity contribution in [2.24, 2.45) is 0 Å². The van der Waals surface area contributed by atoms with Crippen molar-refractivity contribution < 1.29 is 9.53 Å². The molecule has 1 aromatic carbocycles. The highest BCUT2D eigenvalue weighted by molar-refractivity contribution is 7.17. The molecule has 0 unspecified atom stereocenters. The summed E-state index contributed by atoms with van der Waals surface area (Å²) in [4.78, 5) is 30.0. The SMILES string of the molecule is CCCOC(=O)Cn1cnc2scc(-c3ccc4c(c3)CCCC4)c2c1=O. The summed E-state index contributed by atoms with van der Waals surface area (Å²) < 4.78 is 6.44. The van der Waals surface area contributed by atoms with Gasteiger partial charge in [-0.2, -0.15) is 0 Å². The zero-order chi connectivity index (χ0) is 18.8. The fraction of sp³-hybridized carbons (Fsp3) is 0.381. The van der Waals surface area contributed by atoms with Gasteiger partial charge in [0.05, 0.1) is 18.3 Å². The molecule has 4 rings (SSSR count). The van der Waals surface area contributed by atoms with Crippen LogP contribution in [0.1, 0.15) is 37.3 Å². The summed E-state index contributed by atoms with van der Waals surface area (Å²) >= 11 is 1.46. The van der Waals surface area contributed by atoms with E-state index in [1.54, 1.807) is 0 Å². The third-order valence-electron chi connectivity index (χ3n) is 4.99. The first-order valence-electron chi connectivity index (χ1n) is 9.42. The topological polar surface area (TPSA) is 61.2 Å². The fourth-order valence-corrected chi connectivity index (χ4v) is 4.50. The monoisotopic (exact) mass is 382 g/mol. The Morgan fingerprint density at radius 2 is 2.07 bits per heavy atom. The van der Waals surface area contributed by atoms with Gasteiger partial charge in [-0.3, -0.25) is 14.2 Å². The minimum Gasteiger partial charge on any atom is -0.464 e. The highest BCUT2D eigenvalue weighted by Gasteiger charge is 2.17. The van der Waals surface area contributed by atoms with Crippen LogP contribution in [-0.2, 0) is 28.9 Å². The van der Waals surface area contributed by atoms with Crippen molar-refractivity contribution in [2.75, 3.05) is 6.61 Å². The molecule has 0 saturated heterocycles. The first-order valence-corrected chi connectivity index (χ1v) is 10.3. The van der Waals surface area contributed by atoms with E-state index >= 15 is 0 Å². The summed E-state index contributed by atoms with van der Waals surface area (Å²) in [6.07, 6.45) is 6.88. The third-order valence-corrected chi connectivity index (χ3v) is 5.87. The van der Waals surface area contributed by atoms with Gasteiger partial charge in [0.1, 0.15) is 11.4 Å². The number of benzene rings is 1. The molecule has 27 heavy (non-hydrogen) atoms. The third kappa shape index (κ3) is 3.54. The molecule has 0 saturated carbocycles. The largest absolute Gasteiger partial charge is 0.464 e. The Morgan fingerprint density at radius 3 is 2.89 bits per heavy atom. The molecule has 3 aromatic rings. The summed E-state index contributed by atoms with van der Waals surface area (Å²) in [5.74, 6) is -0.411. The number of hydrogen-bond donors (Lipinski definition) is 0. The van der Waals surface area contributed by atoms with Gasteiger partial charge >= 0.3 is 5.97 Å². The molecule has 0 fully saturated rings. The first-order chi connectivity index (χ1) is 13.2. The van der Waals surface area contributed by atoms with Gasteiger partial charge < -0.3 is 4.74 Å². The van der Waals surface area contributed by atoms with Crippen LogP contribution in [0.2, 0.25) is 0 Å². The lowest BCUT2D eigenvalue weighted by Crippen LogP contribution is -2.25. The molecule has 0 amide bonds. The molecule has 6 heteroatoms. The number of ether oxygens (including phenoxy) is 1. The number of hydrogen-bond acceptors (Lipinski definition) is 5. The average Bonchev–Trinajstić information content (AvgIpc) is 3.13. The number of aryl methyl sites for hydroxylation is 2. The molecule has 5 nitrogen and oxygen atoms in total. The molecule has 0 bridgehead atoms.